The summed E-state index contributed by atoms with van der Waals surface area (Å²) in [4.78, 5) is 12.4. The third kappa shape index (κ3) is 5.05. The Hall–Kier alpha value is -2.41. The van der Waals surface area contributed by atoms with E-state index in [1.54, 1.807) is 0 Å². The van der Waals surface area contributed by atoms with E-state index in [4.69, 9.17) is 0 Å². The van der Waals surface area contributed by atoms with Crippen LogP contribution in [0.1, 0.15) is 29.7 Å². The van der Waals surface area contributed by atoms with Crippen molar-refractivity contribution in [3.8, 4) is 0 Å². The number of benzene rings is 2. The average molecular weight is 378 g/mol. The quantitative estimate of drug-likeness (QED) is 0.840. The Kier molecular flexibility index (Phi) is 6.02. The van der Waals surface area contributed by atoms with Crippen LogP contribution < -0.4 is 9.62 Å². The van der Waals surface area contributed by atoms with Gasteiger partial charge in [-0.25, -0.2) is 12.8 Å². The van der Waals surface area contributed by atoms with Crippen LogP contribution in [0.25, 0.3) is 0 Å². The fourth-order valence-electron chi connectivity index (χ4n) is 2.57. The highest BCUT2D eigenvalue weighted by molar-refractivity contribution is 7.92. The number of aryl methyl sites for hydroxylation is 2. The SMILES string of the molecule is Cc1ccc([C@H](C)NC(=O)CN(c2cccc(F)c2)S(C)(=O)=O)cc1C. The Balaban J connectivity index is 2.15. The molecule has 0 unspecified atom stereocenters. The number of nitrogens with zero attached hydrogens (tertiary/aromatic N) is 1. The molecule has 0 aliphatic carbocycles. The molecule has 0 radical (unpaired) electrons. The van der Waals surface area contributed by atoms with Crippen LogP contribution >= 0.6 is 0 Å². The molecule has 0 bridgehead atoms. The van der Waals surface area contributed by atoms with Crippen LogP contribution in [0.2, 0.25) is 0 Å². The molecule has 2 aromatic rings. The van der Waals surface area contributed by atoms with Crippen molar-refractivity contribution in [1.29, 1.82) is 0 Å². The van der Waals surface area contributed by atoms with Crippen molar-refractivity contribution in [2.24, 2.45) is 0 Å². The van der Waals surface area contributed by atoms with Gasteiger partial charge in [0.1, 0.15) is 12.4 Å². The van der Waals surface area contributed by atoms with Crippen LogP contribution in [0.15, 0.2) is 42.5 Å². The molecule has 0 aliphatic rings. The van der Waals surface area contributed by atoms with E-state index in [-0.39, 0.29) is 11.7 Å². The van der Waals surface area contributed by atoms with E-state index in [0.717, 1.165) is 33.3 Å². The lowest BCUT2D eigenvalue weighted by atomic mass is 10.0. The molecule has 5 nitrogen and oxygen atoms in total. The summed E-state index contributed by atoms with van der Waals surface area (Å²) in [5.41, 5.74) is 3.31. The van der Waals surface area contributed by atoms with Gasteiger partial charge in [0.25, 0.3) is 0 Å². The number of halogens is 1. The van der Waals surface area contributed by atoms with Crippen LogP contribution in [-0.4, -0.2) is 27.1 Å². The second kappa shape index (κ2) is 7.86. The average Bonchev–Trinajstić information content (AvgIpc) is 2.54. The first kappa shape index (κ1) is 19.9. The predicted molar refractivity (Wildman–Crippen MR) is 101 cm³/mol. The fourth-order valence-corrected chi connectivity index (χ4v) is 3.41. The van der Waals surface area contributed by atoms with Crippen molar-refractivity contribution in [2.75, 3.05) is 17.1 Å². The standard InChI is InChI=1S/C19H23FN2O3S/c1-13-8-9-16(10-14(13)2)15(3)21-19(23)12-22(26(4,24)25)18-7-5-6-17(20)11-18/h5-11,15H,12H2,1-4H3,(H,21,23)/t15-/m0/s1. The molecular formula is C19H23FN2O3S. The molecule has 7 heteroatoms. The Morgan fingerprint density at radius 1 is 1.15 bits per heavy atom. The minimum absolute atomic E-state index is 0.112. The largest absolute Gasteiger partial charge is 0.348 e. The van der Waals surface area contributed by atoms with Crippen molar-refractivity contribution < 1.29 is 17.6 Å². The molecule has 0 aromatic heterocycles. The van der Waals surface area contributed by atoms with Crippen molar-refractivity contribution >= 4 is 21.6 Å². The molecule has 1 N–H and O–H groups in total. The minimum Gasteiger partial charge on any atom is -0.348 e. The lowest BCUT2D eigenvalue weighted by Gasteiger charge is -2.23. The molecule has 0 fully saturated rings. The smallest absolute Gasteiger partial charge is 0.241 e. The zero-order valence-corrected chi connectivity index (χ0v) is 16.1. The van der Waals surface area contributed by atoms with E-state index in [1.807, 2.05) is 39.0 Å². The normalized spacial score (nSPS) is 12.5. The van der Waals surface area contributed by atoms with E-state index in [2.05, 4.69) is 5.32 Å². The van der Waals surface area contributed by atoms with Gasteiger partial charge in [0.2, 0.25) is 15.9 Å². The second-order valence-corrected chi connectivity index (χ2v) is 8.29. The van der Waals surface area contributed by atoms with Gasteiger partial charge in [-0.05, 0) is 55.7 Å². The topological polar surface area (TPSA) is 66.5 Å². The van der Waals surface area contributed by atoms with Gasteiger partial charge in [-0.2, -0.15) is 0 Å². The van der Waals surface area contributed by atoms with Gasteiger partial charge >= 0.3 is 0 Å². The van der Waals surface area contributed by atoms with Gasteiger partial charge < -0.3 is 5.32 Å². The van der Waals surface area contributed by atoms with Crippen LogP contribution in [-0.2, 0) is 14.8 Å². The molecule has 1 atom stereocenters. The number of amides is 1. The number of rotatable bonds is 6. The molecular weight excluding hydrogens is 355 g/mol. The summed E-state index contributed by atoms with van der Waals surface area (Å²) in [5, 5.41) is 2.79. The summed E-state index contributed by atoms with van der Waals surface area (Å²) in [7, 11) is -3.74. The first-order valence-corrected chi connectivity index (χ1v) is 10.0. The number of anilines is 1. The lowest BCUT2D eigenvalue weighted by Crippen LogP contribution is -2.41. The van der Waals surface area contributed by atoms with Crippen LogP contribution in [0.5, 0.6) is 0 Å². The molecule has 0 aliphatic heterocycles. The molecule has 26 heavy (non-hydrogen) atoms. The van der Waals surface area contributed by atoms with E-state index < -0.39 is 28.3 Å². The number of hydrogen-bond acceptors (Lipinski definition) is 3. The Bertz CT molecular complexity index is 913. The fraction of sp³-hybridized carbons (Fsp3) is 0.316. The molecule has 1 amide bonds. The van der Waals surface area contributed by atoms with Gasteiger partial charge in [0, 0.05) is 0 Å². The highest BCUT2D eigenvalue weighted by Gasteiger charge is 2.22. The number of carbonyl (C=O) groups is 1. The van der Waals surface area contributed by atoms with E-state index >= 15 is 0 Å². The predicted octanol–water partition coefficient (Wildman–Crippen LogP) is 3.09. The van der Waals surface area contributed by atoms with Gasteiger partial charge in [-0.15, -0.1) is 0 Å². The third-order valence-corrected chi connectivity index (χ3v) is 5.33. The zero-order chi connectivity index (χ0) is 19.5. The second-order valence-electron chi connectivity index (χ2n) is 6.38. The van der Waals surface area contributed by atoms with Crippen molar-refractivity contribution in [2.45, 2.75) is 26.8 Å². The lowest BCUT2D eigenvalue weighted by molar-refractivity contribution is -0.120. The Morgan fingerprint density at radius 3 is 2.42 bits per heavy atom. The molecule has 0 saturated carbocycles. The van der Waals surface area contributed by atoms with Crippen molar-refractivity contribution in [3.63, 3.8) is 0 Å². The maximum absolute atomic E-state index is 13.4. The molecule has 2 aromatic carbocycles. The number of sulfonamides is 1. The number of hydrogen-bond donors (Lipinski definition) is 1. The summed E-state index contributed by atoms with van der Waals surface area (Å²) in [6.45, 7) is 5.40. The summed E-state index contributed by atoms with van der Waals surface area (Å²) in [5.74, 6) is -1.04. The van der Waals surface area contributed by atoms with E-state index in [1.165, 1.54) is 18.2 Å². The summed E-state index contributed by atoms with van der Waals surface area (Å²) in [6, 6.07) is 10.8. The van der Waals surface area contributed by atoms with Crippen LogP contribution in [0, 0.1) is 19.7 Å². The molecule has 0 heterocycles. The van der Waals surface area contributed by atoms with Crippen molar-refractivity contribution in [1.82, 2.24) is 5.32 Å². The summed E-state index contributed by atoms with van der Waals surface area (Å²) >= 11 is 0. The molecule has 0 spiro atoms. The van der Waals surface area contributed by atoms with E-state index in [9.17, 15) is 17.6 Å². The zero-order valence-electron chi connectivity index (χ0n) is 15.3. The van der Waals surface area contributed by atoms with Crippen molar-refractivity contribution in [3.05, 3.63) is 65.0 Å². The third-order valence-electron chi connectivity index (χ3n) is 4.19. The number of carbonyl (C=O) groups excluding carboxylic acids is 1. The van der Waals surface area contributed by atoms with Gasteiger partial charge in [0.15, 0.2) is 0 Å². The van der Waals surface area contributed by atoms with E-state index in [0.29, 0.717) is 0 Å². The Morgan fingerprint density at radius 2 is 1.85 bits per heavy atom. The maximum Gasteiger partial charge on any atom is 0.241 e. The highest BCUT2D eigenvalue weighted by Crippen LogP contribution is 2.20. The van der Waals surface area contributed by atoms with Gasteiger partial charge in [-0.3, -0.25) is 9.10 Å². The monoisotopic (exact) mass is 378 g/mol. The number of nitrogens with one attached hydrogen (secondary N) is 1. The summed E-state index contributed by atoms with van der Waals surface area (Å²) in [6.07, 6.45) is 0.984. The van der Waals surface area contributed by atoms with Crippen LogP contribution in [0.4, 0.5) is 10.1 Å². The van der Waals surface area contributed by atoms with Gasteiger partial charge in [-0.1, -0.05) is 24.3 Å². The first-order chi connectivity index (χ1) is 12.1. The highest BCUT2D eigenvalue weighted by atomic mass is 32.2. The minimum atomic E-state index is -3.74. The Labute approximate surface area is 153 Å². The molecule has 140 valence electrons. The summed E-state index contributed by atoms with van der Waals surface area (Å²) < 4.78 is 38.4. The van der Waals surface area contributed by atoms with Crippen LogP contribution in [0.3, 0.4) is 0 Å². The maximum atomic E-state index is 13.4. The molecule has 0 saturated heterocycles. The first-order valence-electron chi connectivity index (χ1n) is 8.17. The van der Waals surface area contributed by atoms with Gasteiger partial charge in [0.05, 0.1) is 18.0 Å². The molecule has 2 rings (SSSR count).